The van der Waals surface area contributed by atoms with Gasteiger partial charge in [-0.15, -0.1) is 0 Å². The molecule has 136 valence electrons. The minimum Gasteiger partial charge on any atom is -0.496 e. The molecule has 2 aromatic carbocycles. The van der Waals surface area contributed by atoms with Crippen LogP contribution in [0.1, 0.15) is 5.56 Å². The lowest BCUT2D eigenvalue weighted by Gasteiger charge is -2.08. The average molecular weight is 486 g/mol. The number of ether oxygens (including phenoxy) is 2. The molecular weight excluding hydrogens is 472 g/mol. The van der Waals surface area contributed by atoms with Crippen molar-refractivity contribution in [3.8, 4) is 11.5 Å². The van der Waals surface area contributed by atoms with E-state index in [0.717, 1.165) is 8.95 Å². The van der Waals surface area contributed by atoms with Crippen LogP contribution in [0.4, 0.5) is 11.4 Å². The molecule has 0 unspecified atom stereocenters. The topological polar surface area (TPSA) is 90.7 Å². The van der Waals surface area contributed by atoms with Crippen LogP contribution in [0.15, 0.2) is 45.4 Å². The first-order chi connectivity index (χ1) is 12.3. The molecule has 1 N–H and O–H groups in total. The van der Waals surface area contributed by atoms with Gasteiger partial charge in [-0.25, -0.2) is 0 Å². The zero-order chi connectivity index (χ0) is 19.3. The number of hydrogen-bond donors (Lipinski definition) is 1. The molecule has 0 saturated carbocycles. The van der Waals surface area contributed by atoms with E-state index in [4.69, 9.17) is 9.47 Å². The number of amides is 1. The van der Waals surface area contributed by atoms with Crippen LogP contribution in [-0.4, -0.2) is 25.1 Å². The van der Waals surface area contributed by atoms with Crippen LogP contribution in [0.25, 0.3) is 6.08 Å². The van der Waals surface area contributed by atoms with Crippen LogP contribution >= 0.6 is 31.9 Å². The maximum absolute atomic E-state index is 12.2. The fourth-order valence-electron chi connectivity index (χ4n) is 2.15. The maximum atomic E-state index is 12.2. The number of halogens is 2. The summed E-state index contributed by atoms with van der Waals surface area (Å²) in [5.74, 6) is 0.373. The van der Waals surface area contributed by atoms with E-state index in [1.807, 2.05) is 6.07 Å². The Kier molecular flexibility index (Phi) is 6.76. The first-order valence-corrected chi connectivity index (χ1v) is 8.79. The monoisotopic (exact) mass is 484 g/mol. The predicted molar refractivity (Wildman–Crippen MR) is 106 cm³/mol. The quantitative estimate of drug-likeness (QED) is 0.361. The minimum atomic E-state index is -0.587. The van der Waals surface area contributed by atoms with Crippen molar-refractivity contribution in [1.29, 1.82) is 0 Å². The van der Waals surface area contributed by atoms with Crippen LogP contribution in [-0.2, 0) is 4.79 Å². The summed E-state index contributed by atoms with van der Waals surface area (Å²) in [6.07, 6.45) is 2.82. The molecule has 2 aromatic rings. The second-order valence-corrected chi connectivity index (χ2v) is 6.74. The summed E-state index contributed by atoms with van der Waals surface area (Å²) in [6, 6.07) is 7.79. The van der Waals surface area contributed by atoms with Gasteiger partial charge in [0.25, 0.3) is 5.69 Å². The Balaban J connectivity index is 2.25. The first kappa shape index (κ1) is 19.9. The summed E-state index contributed by atoms with van der Waals surface area (Å²) in [7, 11) is 2.93. The summed E-state index contributed by atoms with van der Waals surface area (Å²) in [6.45, 7) is 0. The molecule has 7 nitrogen and oxygen atoms in total. The summed E-state index contributed by atoms with van der Waals surface area (Å²) in [4.78, 5) is 22.7. The van der Waals surface area contributed by atoms with Crippen LogP contribution in [0.5, 0.6) is 11.5 Å². The molecule has 26 heavy (non-hydrogen) atoms. The Morgan fingerprint density at radius 1 is 1.19 bits per heavy atom. The SMILES string of the molecule is COc1ccc(NC(=O)/C=C/c2cc(Br)cc(Br)c2OC)c([N+](=O)[O-])c1. The Morgan fingerprint density at radius 3 is 2.54 bits per heavy atom. The molecule has 0 fully saturated rings. The van der Waals surface area contributed by atoms with Gasteiger partial charge in [-0.1, -0.05) is 15.9 Å². The van der Waals surface area contributed by atoms with Gasteiger partial charge >= 0.3 is 0 Å². The number of methoxy groups -OCH3 is 2. The van der Waals surface area contributed by atoms with E-state index >= 15 is 0 Å². The Hall–Kier alpha value is -2.39. The maximum Gasteiger partial charge on any atom is 0.296 e. The molecule has 0 aliphatic heterocycles. The summed E-state index contributed by atoms with van der Waals surface area (Å²) < 4.78 is 11.8. The fraction of sp³-hybridized carbons (Fsp3) is 0.118. The normalized spacial score (nSPS) is 10.6. The van der Waals surface area contributed by atoms with Crippen LogP contribution in [0.3, 0.4) is 0 Å². The summed E-state index contributed by atoms with van der Waals surface area (Å²) >= 11 is 6.75. The van der Waals surface area contributed by atoms with Crippen molar-refractivity contribution in [1.82, 2.24) is 0 Å². The van der Waals surface area contributed by atoms with Gasteiger partial charge in [0, 0.05) is 16.1 Å². The van der Waals surface area contributed by atoms with Gasteiger partial charge in [0.1, 0.15) is 17.2 Å². The van der Waals surface area contributed by atoms with Gasteiger partial charge in [-0.2, -0.15) is 0 Å². The smallest absolute Gasteiger partial charge is 0.296 e. The molecule has 0 bridgehead atoms. The molecule has 0 aromatic heterocycles. The third-order valence-corrected chi connectivity index (χ3v) is 4.36. The van der Waals surface area contributed by atoms with Crippen molar-refractivity contribution in [2.45, 2.75) is 0 Å². The zero-order valence-corrected chi connectivity index (χ0v) is 17.0. The van der Waals surface area contributed by atoms with Crippen molar-refractivity contribution >= 4 is 55.2 Å². The lowest BCUT2D eigenvalue weighted by Crippen LogP contribution is -2.09. The zero-order valence-electron chi connectivity index (χ0n) is 13.8. The highest BCUT2D eigenvalue weighted by Crippen LogP contribution is 2.33. The summed E-state index contributed by atoms with van der Waals surface area (Å²) in [5, 5.41) is 13.7. The number of rotatable bonds is 6. The third kappa shape index (κ3) is 4.83. The molecule has 0 spiro atoms. The van der Waals surface area contributed by atoms with E-state index < -0.39 is 10.8 Å². The van der Waals surface area contributed by atoms with Crippen molar-refractivity contribution in [2.75, 3.05) is 19.5 Å². The van der Waals surface area contributed by atoms with Crippen molar-refractivity contribution in [3.05, 3.63) is 61.0 Å². The van der Waals surface area contributed by atoms with E-state index in [-0.39, 0.29) is 11.4 Å². The second-order valence-electron chi connectivity index (χ2n) is 4.97. The molecular formula is C17H14Br2N2O5. The molecule has 1 amide bonds. The van der Waals surface area contributed by atoms with Gasteiger partial charge in [0.15, 0.2) is 0 Å². The van der Waals surface area contributed by atoms with E-state index in [2.05, 4.69) is 37.2 Å². The lowest BCUT2D eigenvalue weighted by molar-refractivity contribution is -0.384. The number of carbonyl (C=O) groups is 1. The van der Waals surface area contributed by atoms with E-state index in [0.29, 0.717) is 17.1 Å². The van der Waals surface area contributed by atoms with Crippen LogP contribution in [0, 0.1) is 10.1 Å². The molecule has 0 atom stereocenters. The Bertz CT molecular complexity index is 884. The van der Waals surface area contributed by atoms with Gasteiger partial charge in [0.05, 0.1) is 29.7 Å². The molecule has 2 rings (SSSR count). The molecule has 0 heterocycles. The predicted octanol–water partition coefficient (Wildman–Crippen LogP) is 4.79. The van der Waals surface area contributed by atoms with Gasteiger partial charge < -0.3 is 14.8 Å². The van der Waals surface area contributed by atoms with E-state index in [1.54, 1.807) is 12.1 Å². The van der Waals surface area contributed by atoms with Gasteiger partial charge in [-0.05, 0) is 46.3 Å². The van der Waals surface area contributed by atoms with Crippen molar-refractivity contribution in [2.24, 2.45) is 0 Å². The molecule has 9 heteroatoms. The highest BCUT2D eigenvalue weighted by molar-refractivity contribution is 9.11. The average Bonchev–Trinajstić information content (AvgIpc) is 2.59. The number of anilines is 1. The number of nitrogens with one attached hydrogen (secondary N) is 1. The highest BCUT2D eigenvalue weighted by Gasteiger charge is 2.16. The van der Waals surface area contributed by atoms with E-state index in [9.17, 15) is 14.9 Å². The molecule has 0 aliphatic rings. The standard InChI is InChI=1S/C17H14Br2N2O5/c1-25-12-4-5-14(15(9-12)21(23)24)20-16(22)6-3-10-7-11(18)8-13(19)17(10)26-2/h3-9H,1-2H3,(H,20,22)/b6-3+. The van der Waals surface area contributed by atoms with Crippen molar-refractivity contribution < 1.29 is 19.2 Å². The molecule has 0 saturated heterocycles. The number of hydrogen-bond acceptors (Lipinski definition) is 5. The molecule has 0 aliphatic carbocycles. The number of nitro groups is 1. The third-order valence-electron chi connectivity index (χ3n) is 3.31. The molecule has 0 radical (unpaired) electrons. The van der Waals surface area contributed by atoms with E-state index in [1.165, 1.54) is 38.5 Å². The Labute approximate surface area is 166 Å². The fourth-order valence-corrected chi connectivity index (χ4v) is 3.57. The van der Waals surface area contributed by atoms with Crippen LogP contribution in [0.2, 0.25) is 0 Å². The minimum absolute atomic E-state index is 0.0767. The van der Waals surface area contributed by atoms with Gasteiger partial charge in [0.2, 0.25) is 5.91 Å². The number of carbonyl (C=O) groups excluding carboxylic acids is 1. The highest BCUT2D eigenvalue weighted by atomic mass is 79.9. The lowest BCUT2D eigenvalue weighted by atomic mass is 10.2. The number of benzene rings is 2. The van der Waals surface area contributed by atoms with Gasteiger partial charge in [-0.3, -0.25) is 14.9 Å². The van der Waals surface area contributed by atoms with Crippen molar-refractivity contribution in [3.63, 3.8) is 0 Å². The van der Waals surface area contributed by atoms with Crippen LogP contribution < -0.4 is 14.8 Å². The first-order valence-electron chi connectivity index (χ1n) is 7.20. The largest absolute Gasteiger partial charge is 0.496 e. The summed E-state index contributed by atoms with van der Waals surface area (Å²) in [5.41, 5.74) is 0.481. The second kappa shape index (κ2) is 8.81. The number of nitro benzene ring substituents is 1. The number of nitrogens with zero attached hydrogens (tertiary/aromatic N) is 1. The Morgan fingerprint density at radius 2 is 1.92 bits per heavy atom.